The number of nitrogens with zero attached hydrogens (tertiary/aromatic N) is 2. The summed E-state index contributed by atoms with van der Waals surface area (Å²) in [6.07, 6.45) is 9.03. The van der Waals surface area contributed by atoms with Crippen molar-refractivity contribution < 1.29 is 0 Å². The molecular weight excluding hydrogens is 573 g/mol. The summed E-state index contributed by atoms with van der Waals surface area (Å²) in [5.74, 6) is 0. The van der Waals surface area contributed by atoms with Gasteiger partial charge in [0.15, 0.2) is 0 Å². The summed E-state index contributed by atoms with van der Waals surface area (Å²) in [4.78, 5) is 2.53. The van der Waals surface area contributed by atoms with Crippen molar-refractivity contribution in [2.75, 3.05) is 0 Å². The van der Waals surface area contributed by atoms with Gasteiger partial charge in [-0.25, -0.2) is 0 Å². The molecule has 0 bridgehead atoms. The van der Waals surface area contributed by atoms with Crippen LogP contribution in [0, 0.1) is 0 Å². The second kappa shape index (κ2) is 9.81. The van der Waals surface area contributed by atoms with Crippen molar-refractivity contribution in [3.05, 3.63) is 129 Å². The summed E-state index contributed by atoms with van der Waals surface area (Å²) in [6, 6.07) is 35.8. The highest BCUT2D eigenvalue weighted by atomic mass is 32.1. The minimum Gasteiger partial charge on any atom is -0.343 e. The summed E-state index contributed by atoms with van der Waals surface area (Å²) >= 11 is 3.54. The number of fused-ring (bicyclic) bond motifs is 10. The van der Waals surface area contributed by atoms with Crippen LogP contribution in [0.2, 0.25) is 0 Å². The van der Waals surface area contributed by atoms with Gasteiger partial charge in [-0.05, 0) is 81.2 Å². The van der Waals surface area contributed by atoms with Gasteiger partial charge < -0.3 is 9.13 Å². The van der Waals surface area contributed by atoms with Crippen LogP contribution >= 0.6 is 22.7 Å². The van der Waals surface area contributed by atoms with Crippen LogP contribution in [0.15, 0.2) is 108 Å². The van der Waals surface area contributed by atoms with Crippen LogP contribution in [0.3, 0.4) is 0 Å². The zero-order valence-corrected chi connectivity index (χ0v) is 26.0. The molecule has 4 heteroatoms. The van der Waals surface area contributed by atoms with Crippen LogP contribution in [0.5, 0.6) is 0 Å². The monoisotopic (exact) mass is 600 g/mol. The quantitative estimate of drug-likeness (QED) is 0.190. The number of hydrogen-bond donors (Lipinski definition) is 0. The van der Waals surface area contributed by atoms with Crippen LogP contribution < -0.4 is 0 Å². The Morgan fingerprint density at radius 3 is 1.27 bits per heavy atom. The Balaban J connectivity index is 1.35. The van der Waals surface area contributed by atoms with Crippen LogP contribution in [0.1, 0.15) is 20.9 Å². The first-order valence-corrected chi connectivity index (χ1v) is 16.6. The number of aromatic nitrogens is 2. The largest absolute Gasteiger partial charge is 0.343 e. The zero-order valence-electron chi connectivity index (χ0n) is 24.4. The van der Waals surface area contributed by atoms with Crippen molar-refractivity contribution in [1.82, 2.24) is 9.13 Å². The lowest BCUT2D eigenvalue weighted by Gasteiger charge is -2.07. The van der Waals surface area contributed by atoms with Gasteiger partial charge in [0.05, 0.1) is 11.0 Å². The van der Waals surface area contributed by atoms with E-state index in [1.54, 1.807) is 22.7 Å². The van der Waals surface area contributed by atoms with Crippen LogP contribution in [-0.2, 0) is 14.1 Å². The molecule has 0 N–H and O–H groups in total. The van der Waals surface area contributed by atoms with Gasteiger partial charge in [0.1, 0.15) is 0 Å². The summed E-state index contributed by atoms with van der Waals surface area (Å²) in [5, 5.41) is 14.6. The molecule has 0 fully saturated rings. The molecule has 0 unspecified atom stereocenters. The van der Waals surface area contributed by atoms with E-state index in [0.29, 0.717) is 0 Å². The molecule has 2 nitrogen and oxygen atoms in total. The van der Waals surface area contributed by atoms with Gasteiger partial charge in [-0.2, -0.15) is 0 Å². The lowest BCUT2D eigenvalue weighted by Crippen LogP contribution is -1.89. The van der Waals surface area contributed by atoms with Crippen LogP contribution in [0.4, 0.5) is 0 Å². The molecule has 4 heterocycles. The molecule has 0 aliphatic rings. The van der Waals surface area contributed by atoms with E-state index in [4.69, 9.17) is 0 Å². The molecule has 210 valence electrons. The third kappa shape index (κ3) is 3.78. The van der Waals surface area contributed by atoms with E-state index >= 15 is 0 Å². The Kier molecular flexibility index (Phi) is 5.71. The van der Waals surface area contributed by atoms with Gasteiger partial charge in [-0.15, -0.1) is 22.7 Å². The van der Waals surface area contributed by atoms with Crippen molar-refractivity contribution in [2.45, 2.75) is 0 Å². The van der Waals surface area contributed by atoms with Crippen molar-refractivity contribution in [1.29, 1.82) is 0 Å². The summed E-state index contributed by atoms with van der Waals surface area (Å²) in [7, 11) is 4.44. The first kappa shape index (κ1) is 25.6. The molecule has 0 amide bonds. The number of aryl methyl sites for hydroxylation is 2. The van der Waals surface area contributed by atoms with E-state index in [9.17, 15) is 0 Å². The summed E-state index contributed by atoms with van der Waals surface area (Å²) in [6.45, 7) is 0. The molecular formula is C40H28N2S2. The Morgan fingerprint density at radius 1 is 0.432 bits per heavy atom. The van der Waals surface area contributed by atoms with E-state index < -0.39 is 0 Å². The Labute approximate surface area is 263 Å². The molecule has 0 saturated heterocycles. The number of thiophene rings is 2. The first-order valence-electron chi connectivity index (χ1n) is 14.9. The van der Waals surface area contributed by atoms with E-state index in [0.717, 1.165) is 0 Å². The standard InChI is InChI=1S/C40H28N2S2/c1-41-37-23-34-36-22-26(16-18-28-10-8-20-44-28)30-12-4-6-14-32(30)40(36)42(2)38(34)24-33(37)35-21-25(15-17-27-9-7-19-43-27)29-11-3-5-13-31(29)39(35)41/h3-24H,1-2H3/b17-15+,18-16+. The lowest BCUT2D eigenvalue weighted by atomic mass is 9.98. The third-order valence-corrected chi connectivity index (χ3v) is 10.8. The molecule has 0 aliphatic carbocycles. The van der Waals surface area contributed by atoms with Crippen molar-refractivity contribution in [2.24, 2.45) is 14.1 Å². The van der Waals surface area contributed by atoms with Gasteiger partial charge in [0, 0.05) is 67.2 Å². The molecule has 44 heavy (non-hydrogen) atoms. The normalized spacial score (nSPS) is 12.6. The molecule has 9 rings (SSSR count). The average Bonchev–Trinajstić information content (AvgIpc) is 3.87. The highest BCUT2D eigenvalue weighted by molar-refractivity contribution is 7.11. The third-order valence-electron chi connectivity index (χ3n) is 9.12. The number of rotatable bonds is 4. The van der Waals surface area contributed by atoms with Crippen molar-refractivity contribution >= 4 is 112 Å². The Hall–Kier alpha value is -4.90. The minimum absolute atomic E-state index is 1.25. The van der Waals surface area contributed by atoms with Gasteiger partial charge in [0.25, 0.3) is 0 Å². The first-order chi connectivity index (χ1) is 21.7. The van der Waals surface area contributed by atoms with E-state index in [-0.39, 0.29) is 0 Å². The van der Waals surface area contributed by atoms with Gasteiger partial charge in [-0.3, -0.25) is 0 Å². The molecule has 0 radical (unpaired) electrons. The number of hydrogen-bond acceptors (Lipinski definition) is 2. The molecule has 0 atom stereocenters. The average molecular weight is 601 g/mol. The fourth-order valence-electron chi connectivity index (χ4n) is 7.11. The molecule has 0 saturated carbocycles. The fraction of sp³-hybridized carbons (Fsp3) is 0.0500. The fourth-order valence-corrected chi connectivity index (χ4v) is 8.34. The van der Waals surface area contributed by atoms with Crippen molar-refractivity contribution in [3.63, 3.8) is 0 Å². The summed E-state index contributed by atoms with van der Waals surface area (Å²) in [5.41, 5.74) is 7.59. The SMILES string of the molecule is Cn1c2cc3c4cc(/C=C/c5cccs5)c5ccccc5c4n(C)c3cc2c2cc(/C=C/c3cccs3)c3ccccc3c21. The molecule has 0 aliphatic heterocycles. The van der Waals surface area contributed by atoms with Gasteiger partial charge >= 0.3 is 0 Å². The highest BCUT2D eigenvalue weighted by Crippen LogP contribution is 2.42. The minimum atomic E-state index is 1.25. The zero-order chi connectivity index (χ0) is 29.4. The van der Waals surface area contributed by atoms with E-state index in [1.165, 1.54) is 86.0 Å². The molecule has 9 aromatic rings. The predicted octanol–water partition coefficient (Wildman–Crippen LogP) is 11.7. The van der Waals surface area contributed by atoms with E-state index in [2.05, 4.69) is 155 Å². The maximum atomic E-state index is 2.42. The Morgan fingerprint density at radius 2 is 0.864 bits per heavy atom. The maximum absolute atomic E-state index is 2.42. The van der Waals surface area contributed by atoms with Gasteiger partial charge in [-0.1, -0.05) is 72.8 Å². The van der Waals surface area contributed by atoms with Gasteiger partial charge in [0.2, 0.25) is 0 Å². The van der Waals surface area contributed by atoms with E-state index in [1.807, 2.05) is 0 Å². The highest BCUT2D eigenvalue weighted by Gasteiger charge is 2.19. The second-order valence-corrected chi connectivity index (χ2v) is 13.5. The predicted molar refractivity (Wildman–Crippen MR) is 196 cm³/mol. The molecule has 5 aromatic carbocycles. The van der Waals surface area contributed by atoms with Crippen LogP contribution in [0.25, 0.3) is 89.5 Å². The topological polar surface area (TPSA) is 9.86 Å². The maximum Gasteiger partial charge on any atom is 0.0568 e. The Bertz CT molecular complexity index is 2420. The molecule has 4 aromatic heterocycles. The van der Waals surface area contributed by atoms with Crippen molar-refractivity contribution in [3.8, 4) is 0 Å². The number of benzene rings is 5. The molecule has 0 spiro atoms. The lowest BCUT2D eigenvalue weighted by molar-refractivity contribution is 1.01. The second-order valence-electron chi connectivity index (χ2n) is 11.5. The smallest absolute Gasteiger partial charge is 0.0568 e. The van der Waals surface area contributed by atoms with Crippen LogP contribution in [-0.4, -0.2) is 9.13 Å². The summed E-state index contributed by atoms with van der Waals surface area (Å²) < 4.78 is 4.80.